The molecule has 0 radical (unpaired) electrons. The van der Waals surface area contributed by atoms with Crippen molar-refractivity contribution in [2.45, 2.75) is 31.8 Å². The molecule has 1 unspecified atom stereocenters. The summed E-state index contributed by atoms with van der Waals surface area (Å²) in [4.78, 5) is 0. The number of hydrogen-bond acceptors (Lipinski definition) is 3. The maximum atomic E-state index is 6.08. The minimum absolute atomic E-state index is 0.142. The minimum Gasteiger partial charge on any atom is -0.492 e. The Bertz CT molecular complexity index is 733. The molecule has 1 atom stereocenters. The van der Waals surface area contributed by atoms with E-state index in [1.165, 1.54) is 5.56 Å². The summed E-state index contributed by atoms with van der Waals surface area (Å²) >= 11 is 11.9. The largest absolute Gasteiger partial charge is 0.492 e. The van der Waals surface area contributed by atoms with Gasteiger partial charge in [0.15, 0.2) is 0 Å². The van der Waals surface area contributed by atoms with Gasteiger partial charge >= 0.3 is 0 Å². The van der Waals surface area contributed by atoms with Crippen LogP contribution >= 0.6 is 23.2 Å². The molecule has 0 saturated heterocycles. The maximum absolute atomic E-state index is 6.08. The van der Waals surface area contributed by atoms with Gasteiger partial charge in [-0.1, -0.05) is 41.4 Å². The first-order valence-electron chi connectivity index (χ1n) is 8.51. The van der Waals surface area contributed by atoms with E-state index in [0.717, 1.165) is 31.0 Å². The fraction of sp³-hybridized carbons (Fsp3) is 0.400. The third kappa shape index (κ3) is 4.81. The zero-order valence-electron chi connectivity index (χ0n) is 14.5. The van der Waals surface area contributed by atoms with Crippen LogP contribution in [0.3, 0.4) is 0 Å². The molecule has 1 N–H and O–H groups in total. The molecular formula is C20H23Cl2NO2. The molecule has 3 rings (SSSR count). The molecule has 5 heteroatoms. The maximum Gasteiger partial charge on any atom is 0.123 e. The van der Waals surface area contributed by atoms with Crippen LogP contribution in [0.1, 0.15) is 31.7 Å². The number of hydrogen-bond donors (Lipinski definition) is 1. The van der Waals surface area contributed by atoms with Gasteiger partial charge in [-0.25, -0.2) is 0 Å². The lowest BCUT2D eigenvalue weighted by Gasteiger charge is -2.37. The summed E-state index contributed by atoms with van der Waals surface area (Å²) in [6.45, 7) is 6.52. The van der Waals surface area contributed by atoms with Gasteiger partial charge in [0.05, 0.1) is 10.0 Å². The summed E-state index contributed by atoms with van der Waals surface area (Å²) in [6.07, 6.45) is 0.991. The average molecular weight is 380 g/mol. The van der Waals surface area contributed by atoms with Crippen LogP contribution in [0.4, 0.5) is 0 Å². The van der Waals surface area contributed by atoms with Crippen LogP contribution in [0.2, 0.25) is 10.0 Å². The van der Waals surface area contributed by atoms with Crippen LogP contribution in [-0.4, -0.2) is 25.3 Å². The Balaban J connectivity index is 1.49. The number of nitrogens with one attached hydrogen (secondary N) is 1. The second-order valence-corrected chi connectivity index (χ2v) is 7.74. The van der Waals surface area contributed by atoms with Crippen LogP contribution in [0.25, 0.3) is 0 Å². The summed E-state index contributed by atoms with van der Waals surface area (Å²) in [5.74, 6) is 2.16. The number of halogens is 2. The summed E-state index contributed by atoms with van der Waals surface area (Å²) < 4.78 is 11.8. The lowest BCUT2D eigenvalue weighted by atomic mass is 9.84. The Hall–Kier alpha value is -1.42. The molecule has 0 fully saturated rings. The Morgan fingerprint density at radius 1 is 1.16 bits per heavy atom. The van der Waals surface area contributed by atoms with E-state index < -0.39 is 0 Å². The predicted octanol–water partition coefficient (Wildman–Crippen LogP) is 5.31. The normalized spacial score (nSPS) is 18.3. The first kappa shape index (κ1) is 18.4. The molecule has 3 nitrogen and oxygen atoms in total. The van der Waals surface area contributed by atoms with Crippen molar-refractivity contribution in [2.24, 2.45) is 0 Å². The third-order valence-electron chi connectivity index (χ3n) is 4.31. The first-order chi connectivity index (χ1) is 11.9. The van der Waals surface area contributed by atoms with Crippen molar-refractivity contribution in [1.82, 2.24) is 5.32 Å². The van der Waals surface area contributed by atoms with Crippen LogP contribution < -0.4 is 14.8 Å². The summed E-state index contributed by atoms with van der Waals surface area (Å²) in [5, 5.41) is 4.53. The van der Waals surface area contributed by atoms with Crippen LogP contribution in [0, 0.1) is 0 Å². The SMILES string of the molecule is CC1(C)CC(CNCCOc2ccc(Cl)c(Cl)c2)c2ccccc2O1. The van der Waals surface area contributed by atoms with Crippen molar-refractivity contribution in [3.8, 4) is 11.5 Å². The molecule has 0 amide bonds. The molecule has 0 aliphatic carbocycles. The molecule has 134 valence electrons. The van der Waals surface area contributed by atoms with E-state index in [0.29, 0.717) is 22.6 Å². The number of benzene rings is 2. The highest BCUT2D eigenvalue weighted by Crippen LogP contribution is 2.40. The molecule has 25 heavy (non-hydrogen) atoms. The number of rotatable bonds is 6. The molecular weight excluding hydrogens is 357 g/mol. The zero-order valence-corrected chi connectivity index (χ0v) is 16.0. The van der Waals surface area contributed by atoms with Gasteiger partial charge in [0, 0.05) is 25.1 Å². The van der Waals surface area contributed by atoms with Gasteiger partial charge in [-0.3, -0.25) is 0 Å². The van der Waals surface area contributed by atoms with E-state index in [9.17, 15) is 0 Å². The van der Waals surface area contributed by atoms with Gasteiger partial charge in [0.1, 0.15) is 23.7 Å². The monoisotopic (exact) mass is 379 g/mol. The van der Waals surface area contributed by atoms with E-state index >= 15 is 0 Å². The Morgan fingerprint density at radius 3 is 2.76 bits per heavy atom. The van der Waals surface area contributed by atoms with Crippen LogP contribution in [0.5, 0.6) is 11.5 Å². The van der Waals surface area contributed by atoms with Crippen molar-refractivity contribution >= 4 is 23.2 Å². The first-order valence-corrected chi connectivity index (χ1v) is 9.27. The number of fused-ring (bicyclic) bond motifs is 1. The van der Waals surface area contributed by atoms with Gasteiger partial charge in [-0.15, -0.1) is 0 Å². The van der Waals surface area contributed by atoms with Crippen molar-refractivity contribution < 1.29 is 9.47 Å². The van der Waals surface area contributed by atoms with E-state index in [4.69, 9.17) is 32.7 Å². The smallest absolute Gasteiger partial charge is 0.123 e. The molecule has 0 bridgehead atoms. The average Bonchev–Trinajstić information content (AvgIpc) is 2.56. The van der Waals surface area contributed by atoms with E-state index in [1.807, 2.05) is 12.1 Å². The van der Waals surface area contributed by atoms with Gasteiger partial charge in [-0.05, 0) is 44.0 Å². The van der Waals surface area contributed by atoms with Crippen molar-refractivity contribution in [1.29, 1.82) is 0 Å². The molecule has 0 saturated carbocycles. The molecule has 1 heterocycles. The summed E-state index contributed by atoms with van der Waals surface area (Å²) in [7, 11) is 0. The molecule has 0 aromatic heterocycles. The quantitative estimate of drug-likeness (QED) is 0.690. The molecule has 0 spiro atoms. The van der Waals surface area contributed by atoms with E-state index in [-0.39, 0.29) is 5.60 Å². The topological polar surface area (TPSA) is 30.5 Å². The minimum atomic E-state index is -0.142. The highest BCUT2D eigenvalue weighted by Gasteiger charge is 2.33. The van der Waals surface area contributed by atoms with E-state index in [2.05, 4.69) is 37.4 Å². The van der Waals surface area contributed by atoms with Crippen molar-refractivity contribution in [3.05, 3.63) is 58.1 Å². The molecule has 1 aliphatic rings. The van der Waals surface area contributed by atoms with E-state index in [1.54, 1.807) is 12.1 Å². The van der Waals surface area contributed by atoms with Gasteiger partial charge in [0.2, 0.25) is 0 Å². The van der Waals surface area contributed by atoms with Crippen LogP contribution in [0.15, 0.2) is 42.5 Å². The fourth-order valence-corrected chi connectivity index (χ4v) is 3.51. The number of ether oxygens (including phenoxy) is 2. The summed E-state index contributed by atoms with van der Waals surface area (Å²) in [5.41, 5.74) is 1.14. The second-order valence-electron chi connectivity index (χ2n) is 6.93. The van der Waals surface area contributed by atoms with Crippen molar-refractivity contribution in [3.63, 3.8) is 0 Å². The highest BCUT2D eigenvalue weighted by molar-refractivity contribution is 6.42. The molecule has 1 aliphatic heterocycles. The molecule has 2 aromatic carbocycles. The van der Waals surface area contributed by atoms with Crippen LogP contribution in [-0.2, 0) is 0 Å². The lowest BCUT2D eigenvalue weighted by Crippen LogP contribution is -2.38. The lowest BCUT2D eigenvalue weighted by molar-refractivity contribution is 0.0716. The Labute approximate surface area is 159 Å². The predicted molar refractivity (Wildman–Crippen MR) is 103 cm³/mol. The Kier molecular flexibility index (Phi) is 5.78. The fourth-order valence-electron chi connectivity index (χ4n) is 3.22. The van der Waals surface area contributed by atoms with Crippen molar-refractivity contribution in [2.75, 3.05) is 19.7 Å². The molecule has 2 aromatic rings. The zero-order chi connectivity index (χ0) is 17.9. The highest BCUT2D eigenvalue weighted by atomic mass is 35.5. The van der Waals surface area contributed by atoms with Gasteiger partial charge < -0.3 is 14.8 Å². The summed E-state index contributed by atoms with van der Waals surface area (Å²) in [6, 6.07) is 13.6. The van der Waals surface area contributed by atoms with Gasteiger partial charge in [0.25, 0.3) is 0 Å². The third-order valence-corrected chi connectivity index (χ3v) is 5.05. The Morgan fingerprint density at radius 2 is 1.96 bits per heavy atom. The standard InChI is InChI=1S/C20H23Cl2NO2/c1-20(2)12-14(16-5-3-4-6-19(16)25-20)13-23-9-10-24-15-7-8-17(21)18(22)11-15/h3-8,11,14,23H,9-10,12-13H2,1-2H3. The number of para-hydroxylation sites is 1. The van der Waals surface area contributed by atoms with Gasteiger partial charge in [-0.2, -0.15) is 0 Å². The second kappa shape index (κ2) is 7.86.